The fourth-order valence-electron chi connectivity index (χ4n) is 1.46. The Hall–Kier alpha value is -2.98. The zero-order valence-electron chi connectivity index (χ0n) is 11.9. The third-order valence-corrected chi connectivity index (χ3v) is 2.73. The van der Waals surface area contributed by atoms with Crippen molar-refractivity contribution in [3.8, 4) is 0 Å². The van der Waals surface area contributed by atoms with E-state index < -0.39 is 38.3 Å². The van der Waals surface area contributed by atoms with E-state index >= 15 is 0 Å². The number of nitrogens with zero attached hydrogens (tertiary/aromatic N) is 6. The maximum absolute atomic E-state index is 11.4. The molecule has 0 aliphatic rings. The number of rotatable bonds is 5. The van der Waals surface area contributed by atoms with Crippen molar-refractivity contribution in [2.45, 2.75) is 11.6 Å². The number of nitrogens with two attached hydrogens (primary N) is 8. The SMILES string of the molecule is N=C(N(N)N)N(N)C(N)(N)C(N(N)C(=N)N(N)N)([N+](=O)[O-])[N+](=O)[O-]. The zero-order chi connectivity index (χ0) is 19.6. The Balaban J connectivity index is 6.53. The van der Waals surface area contributed by atoms with Gasteiger partial charge in [-0.1, -0.05) is 0 Å². The molecule has 0 aliphatic carbocycles. The Bertz CT molecular complexity index is 526. The van der Waals surface area contributed by atoms with Crippen LogP contribution in [0.4, 0.5) is 0 Å². The van der Waals surface area contributed by atoms with Crippen molar-refractivity contribution in [2.24, 2.45) is 46.5 Å². The van der Waals surface area contributed by atoms with Crippen molar-refractivity contribution >= 4 is 11.9 Å². The maximum Gasteiger partial charge on any atom is 0.610 e. The largest absolute Gasteiger partial charge is 0.610 e. The maximum atomic E-state index is 11.4. The molecule has 0 aromatic carbocycles. The quantitative estimate of drug-likeness (QED) is 0.0546. The molecular weight excluding hydrogens is 336 g/mol. The smallest absolute Gasteiger partial charge is 0.280 e. The lowest BCUT2D eigenvalue weighted by Gasteiger charge is -2.41. The molecule has 0 aromatic heterocycles. The highest BCUT2D eigenvalue weighted by molar-refractivity contribution is 5.77. The molecule has 20 nitrogen and oxygen atoms in total. The Morgan fingerprint density at radius 3 is 1.33 bits per heavy atom. The van der Waals surface area contributed by atoms with E-state index in [-0.39, 0.29) is 15.2 Å². The van der Waals surface area contributed by atoms with E-state index in [0.29, 0.717) is 0 Å². The monoisotopic (exact) mass is 354 g/mol. The summed E-state index contributed by atoms with van der Waals surface area (Å²) in [5.74, 6) is 20.6. The van der Waals surface area contributed by atoms with Crippen LogP contribution in [0, 0.1) is 31.0 Å². The van der Waals surface area contributed by atoms with Crippen molar-refractivity contribution in [1.29, 1.82) is 10.8 Å². The van der Waals surface area contributed by atoms with E-state index in [1.807, 2.05) is 0 Å². The highest BCUT2D eigenvalue weighted by Crippen LogP contribution is 2.25. The summed E-state index contributed by atoms with van der Waals surface area (Å²) in [6, 6.07) is 0. The van der Waals surface area contributed by atoms with E-state index in [4.69, 9.17) is 57.3 Å². The van der Waals surface area contributed by atoms with Crippen LogP contribution < -0.4 is 46.5 Å². The Labute approximate surface area is 132 Å². The van der Waals surface area contributed by atoms with Gasteiger partial charge in [0, 0.05) is 0 Å². The molecule has 0 rings (SSSR count). The summed E-state index contributed by atoms with van der Waals surface area (Å²) < 4.78 is 0. The first-order valence-electron chi connectivity index (χ1n) is 5.40. The van der Waals surface area contributed by atoms with Gasteiger partial charge in [0.1, 0.15) is 9.85 Å². The summed E-state index contributed by atoms with van der Waals surface area (Å²) in [5.41, 5.74) is 10.8. The minimum Gasteiger partial charge on any atom is -0.280 e. The van der Waals surface area contributed by atoms with Gasteiger partial charge in [-0.3, -0.25) is 42.5 Å². The predicted octanol–water partition coefficient (Wildman–Crippen LogP) is -6.92. The second-order valence-corrected chi connectivity index (χ2v) is 4.18. The van der Waals surface area contributed by atoms with Gasteiger partial charge in [0.2, 0.25) is 11.9 Å². The average Bonchev–Trinajstić information content (AvgIpc) is 2.43. The second-order valence-electron chi connectivity index (χ2n) is 4.18. The molecule has 20 heteroatoms. The molecule has 0 fully saturated rings. The van der Waals surface area contributed by atoms with Gasteiger partial charge in [-0.15, -0.1) is 5.01 Å². The van der Waals surface area contributed by atoms with Crippen LogP contribution in [-0.4, -0.2) is 53.6 Å². The molecule has 0 heterocycles. The van der Waals surface area contributed by atoms with Gasteiger partial charge in [-0.25, -0.2) is 50.3 Å². The fraction of sp³-hybridized carbons (Fsp3) is 0.500. The van der Waals surface area contributed by atoms with E-state index in [2.05, 4.69) is 0 Å². The van der Waals surface area contributed by atoms with Crippen molar-refractivity contribution in [3.63, 3.8) is 0 Å². The molecule has 0 saturated heterocycles. The van der Waals surface area contributed by atoms with Crippen molar-refractivity contribution < 1.29 is 9.85 Å². The first-order valence-corrected chi connectivity index (χ1v) is 5.40. The van der Waals surface area contributed by atoms with Crippen LogP contribution in [-0.2, 0) is 0 Å². The first-order chi connectivity index (χ1) is 10.7. The molecule has 18 N–H and O–H groups in total. The van der Waals surface area contributed by atoms with Gasteiger partial charge in [0.25, 0.3) is 0 Å². The molecule has 24 heavy (non-hydrogen) atoms. The second kappa shape index (κ2) is 6.64. The highest BCUT2D eigenvalue weighted by Gasteiger charge is 2.78. The molecule has 0 radical (unpaired) electrons. The van der Waals surface area contributed by atoms with Gasteiger partial charge < -0.3 is 0 Å². The van der Waals surface area contributed by atoms with Crippen molar-refractivity contribution in [3.05, 3.63) is 20.2 Å². The minimum atomic E-state index is -3.95. The first kappa shape index (κ1) is 21.0. The van der Waals surface area contributed by atoms with E-state index in [1.54, 1.807) is 0 Å². The lowest BCUT2D eigenvalue weighted by Crippen LogP contribution is -2.90. The summed E-state index contributed by atoms with van der Waals surface area (Å²) in [4.78, 5) is 19.5. The molecule has 0 saturated carbocycles. The molecule has 0 spiro atoms. The fourth-order valence-corrected chi connectivity index (χ4v) is 1.46. The standard InChI is InChI=1S/C4H18N16O4/c5-1(17(11)12)15(9)3(7,8)4(19(21)22,20(23)24)16(10)2(6)18(13)14/h5-6H,7-14H2. The molecule has 0 bridgehead atoms. The molecule has 0 unspecified atom stereocenters. The number of hydrogen-bond donors (Lipinski definition) is 10. The van der Waals surface area contributed by atoms with Crippen LogP contribution in [0.1, 0.15) is 0 Å². The van der Waals surface area contributed by atoms with Crippen LogP contribution in [0.2, 0.25) is 0 Å². The lowest BCUT2D eigenvalue weighted by molar-refractivity contribution is -0.836. The molecule has 0 amide bonds. The summed E-state index contributed by atoms with van der Waals surface area (Å²) in [7, 11) is 0. The number of hydrazine groups is 6. The highest BCUT2D eigenvalue weighted by atomic mass is 16.7. The summed E-state index contributed by atoms with van der Waals surface area (Å²) in [5, 5.41) is 36.9. The third-order valence-electron chi connectivity index (χ3n) is 2.73. The van der Waals surface area contributed by atoms with Crippen LogP contribution in [0.25, 0.3) is 0 Å². The van der Waals surface area contributed by atoms with E-state index in [0.717, 1.165) is 0 Å². The summed E-state index contributed by atoms with van der Waals surface area (Å²) in [6.07, 6.45) is 0. The van der Waals surface area contributed by atoms with Crippen molar-refractivity contribution in [1.82, 2.24) is 20.3 Å². The molecule has 0 aliphatic heterocycles. The van der Waals surface area contributed by atoms with E-state index in [9.17, 15) is 20.2 Å². The third kappa shape index (κ3) is 2.92. The summed E-state index contributed by atoms with van der Waals surface area (Å²) in [6.45, 7) is 0. The number of nitro groups is 2. The molecule has 0 aromatic rings. The molecule has 0 atom stereocenters. The predicted molar refractivity (Wildman–Crippen MR) is 75.8 cm³/mol. The molecular formula is C4H18N16O4. The van der Waals surface area contributed by atoms with Crippen molar-refractivity contribution in [2.75, 3.05) is 0 Å². The topological polar surface area (TPSA) is 355 Å². The Morgan fingerprint density at radius 1 is 0.792 bits per heavy atom. The Morgan fingerprint density at radius 2 is 1.08 bits per heavy atom. The van der Waals surface area contributed by atoms with Gasteiger partial charge in [0.05, 0.1) is 0 Å². The zero-order valence-corrected chi connectivity index (χ0v) is 11.9. The van der Waals surface area contributed by atoms with Gasteiger partial charge in [-0.2, -0.15) is 0 Å². The van der Waals surface area contributed by atoms with Crippen LogP contribution in [0.3, 0.4) is 0 Å². The minimum absolute atomic E-state index is 0.00344. The average molecular weight is 354 g/mol. The lowest BCUT2D eigenvalue weighted by atomic mass is 10.1. The number of hydrogen-bond acceptors (Lipinski definition) is 14. The van der Waals surface area contributed by atoms with E-state index in [1.165, 1.54) is 0 Å². The number of guanidine groups is 2. The molecule has 138 valence electrons. The Kier molecular flexibility index (Phi) is 5.82. The van der Waals surface area contributed by atoms with Gasteiger partial charge in [-0.05, 0) is 0 Å². The summed E-state index contributed by atoms with van der Waals surface area (Å²) >= 11 is 0. The van der Waals surface area contributed by atoms with Gasteiger partial charge in [0.15, 0.2) is 0 Å². The van der Waals surface area contributed by atoms with Gasteiger partial charge >= 0.3 is 11.6 Å². The van der Waals surface area contributed by atoms with Crippen LogP contribution >= 0.6 is 0 Å². The normalized spacial score (nSPS) is 11.5. The van der Waals surface area contributed by atoms with Crippen LogP contribution in [0.5, 0.6) is 0 Å². The van der Waals surface area contributed by atoms with Crippen LogP contribution in [0.15, 0.2) is 0 Å². The number of nitrogens with one attached hydrogen (secondary N) is 2.